The van der Waals surface area contributed by atoms with E-state index in [1.165, 1.54) is 14.0 Å². The number of methoxy groups -OCH3 is 1. The Morgan fingerprint density at radius 1 is 1.17 bits per heavy atom. The van der Waals surface area contributed by atoms with E-state index in [9.17, 15) is 14.4 Å². The molecule has 1 spiro atoms. The molecule has 1 aromatic rings. The first-order chi connectivity index (χ1) is 14.2. The molecule has 2 aliphatic heterocycles. The van der Waals surface area contributed by atoms with Crippen molar-refractivity contribution in [1.29, 1.82) is 0 Å². The van der Waals surface area contributed by atoms with Gasteiger partial charge in [-0.25, -0.2) is 14.4 Å². The summed E-state index contributed by atoms with van der Waals surface area (Å²) < 4.78 is 20.9. The van der Waals surface area contributed by atoms with Gasteiger partial charge in [0, 0.05) is 18.4 Å². The Morgan fingerprint density at radius 2 is 1.87 bits per heavy atom. The summed E-state index contributed by atoms with van der Waals surface area (Å²) in [6.45, 7) is 4.92. The van der Waals surface area contributed by atoms with Gasteiger partial charge in [0.1, 0.15) is 29.3 Å². The third kappa shape index (κ3) is 3.30. The fourth-order valence-corrected chi connectivity index (χ4v) is 3.69. The lowest BCUT2D eigenvalue weighted by Crippen LogP contribution is -2.48. The van der Waals surface area contributed by atoms with Gasteiger partial charge < -0.3 is 30.0 Å². The Kier molecular flexibility index (Phi) is 5.84. The van der Waals surface area contributed by atoms with Crippen LogP contribution in [0.5, 0.6) is 0 Å². The number of anilines is 1. The third-order valence-corrected chi connectivity index (χ3v) is 4.80. The van der Waals surface area contributed by atoms with Crippen molar-refractivity contribution in [2.45, 2.75) is 32.3 Å². The van der Waals surface area contributed by atoms with Crippen LogP contribution < -0.4 is 11.1 Å². The van der Waals surface area contributed by atoms with Crippen LogP contribution in [0.4, 0.5) is 5.69 Å². The second-order valence-corrected chi connectivity index (χ2v) is 7.11. The van der Waals surface area contributed by atoms with E-state index < -0.39 is 29.4 Å². The van der Waals surface area contributed by atoms with Crippen molar-refractivity contribution in [2.24, 2.45) is 5.73 Å². The quantitative estimate of drug-likeness (QED) is 0.403. The van der Waals surface area contributed by atoms with Crippen molar-refractivity contribution < 1.29 is 33.3 Å². The molecule has 1 aromatic carbocycles. The summed E-state index contributed by atoms with van der Waals surface area (Å²) in [4.78, 5) is 39.4. The average Bonchev–Trinajstić information content (AvgIpc) is 2.92. The lowest BCUT2D eigenvalue weighted by molar-refractivity contribution is -0.148. The van der Waals surface area contributed by atoms with E-state index in [-0.39, 0.29) is 35.9 Å². The highest BCUT2D eigenvalue weighted by Crippen LogP contribution is 2.52. The number of hydrogen-bond donors (Lipinski definition) is 2. The van der Waals surface area contributed by atoms with Crippen molar-refractivity contribution in [3.63, 3.8) is 0 Å². The van der Waals surface area contributed by atoms with Crippen LogP contribution in [0.15, 0.2) is 47.0 Å². The number of nitrogens with one attached hydrogen (secondary N) is 1. The fourth-order valence-electron chi connectivity index (χ4n) is 3.69. The smallest absolute Gasteiger partial charge is 0.339 e. The molecule has 0 saturated carbocycles. The van der Waals surface area contributed by atoms with E-state index in [1.54, 1.807) is 38.1 Å². The topological polar surface area (TPSA) is 126 Å². The van der Waals surface area contributed by atoms with Gasteiger partial charge in [-0.15, -0.1) is 0 Å². The van der Waals surface area contributed by atoms with Gasteiger partial charge in [0.05, 0.1) is 12.7 Å². The summed E-state index contributed by atoms with van der Waals surface area (Å²) in [7, 11) is 1.46. The van der Waals surface area contributed by atoms with Gasteiger partial charge in [0.25, 0.3) is 0 Å². The highest BCUT2D eigenvalue weighted by molar-refractivity contribution is 6.15. The summed E-state index contributed by atoms with van der Waals surface area (Å²) in [6.07, 6.45) is -0.457. The van der Waals surface area contributed by atoms with E-state index in [0.29, 0.717) is 11.3 Å². The van der Waals surface area contributed by atoms with Gasteiger partial charge >= 0.3 is 17.9 Å². The molecule has 0 radical (unpaired) electrons. The molecule has 160 valence electrons. The fraction of sp³-hybridized carbons (Fsp3) is 0.381. The molecule has 3 rings (SSSR count). The van der Waals surface area contributed by atoms with E-state index in [2.05, 4.69) is 5.32 Å². The molecule has 2 heterocycles. The summed E-state index contributed by atoms with van der Waals surface area (Å²) in [5.41, 5.74) is 4.75. The van der Waals surface area contributed by atoms with Crippen molar-refractivity contribution in [3.8, 4) is 0 Å². The predicted molar refractivity (Wildman–Crippen MR) is 106 cm³/mol. The number of esters is 3. The van der Waals surface area contributed by atoms with E-state index in [4.69, 9.17) is 24.7 Å². The molecule has 3 N–H and O–H groups in total. The first-order valence-corrected chi connectivity index (χ1v) is 9.42. The molecule has 0 saturated heterocycles. The maximum Gasteiger partial charge on any atom is 0.339 e. The van der Waals surface area contributed by atoms with Crippen molar-refractivity contribution >= 4 is 23.6 Å². The first-order valence-electron chi connectivity index (χ1n) is 9.42. The number of cyclic esters (lactones) is 1. The van der Waals surface area contributed by atoms with Crippen LogP contribution in [0.3, 0.4) is 0 Å². The SMILES string of the molecule is COCCOC(=O)C1=C(N)Nc2ccccc2C12C(=O)OC(C)=C2C(=O)OC(C)C. The summed E-state index contributed by atoms with van der Waals surface area (Å²) >= 11 is 0. The number of carbonyl (C=O) groups is 3. The molecule has 2 aliphatic rings. The van der Waals surface area contributed by atoms with Crippen LogP contribution in [0, 0.1) is 0 Å². The zero-order valence-corrected chi connectivity index (χ0v) is 17.2. The number of para-hydroxylation sites is 1. The van der Waals surface area contributed by atoms with Gasteiger partial charge in [0.15, 0.2) is 5.41 Å². The number of nitrogens with two attached hydrogens (primary N) is 1. The normalized spacial score (nSPS) is 20.2. The van der Waals surface area contributed by atoms with Crippen molar-refractivity contribution in [1.82, 2.24) is 0 Å². The van der Waals surface area contributed by atoms with Crippen LogP contribution in [0.1, 0.15) is 26.3 Å². The zero-order valence-electron chi connectivity index (χ0n) is 17.2. The molecular weight excluding hydrogens is 392 g/mol. The average molecular weight is 416 g/mol. The molecule has 9 heteroatoms. The Labute approximate surface area is 173 Å². The Bertz CT molecular complexity index is 964. The van der Waals surface area contributed by atoms with Crippen LogP contribution in [-0.2, 0) is 38.7 Å². The Balaban J connectivity index is 2.25. The van der Waals surface area contributed by atoms with Crippen molar-refractivity contribution in [3.05, 3.63) is 52.6 Å². The Hall–Kier alpha value is -3.33. The molecule has 1 atom stereocenters. The molecule has 0 bridgehead atoms. The molecule has 9 nitrogen and oxygen atoms in total. The minimum Gasteiger partial charge on any atom is -0.460 e. The van der Waals surface area contributed by atoms with Crippen molar-refractivity contribution in [2.75, 3.05) is 25.6 Å². The van der Waals surface area contributed by atoms with Crippen LogP contribution in [-0.4, -0.2) is 44.3 Å². The zero-order chi connectivity index (χ0) is 22.1. The summed E-state index contributed by atoms with van der Waals surface area (Å²) in [6, 6.07) is 6.73. The number of hydrogen-bond acceptors (Lipinski definition) is 9. The number of ether oxygens (including phenoxy) is 4. The second-order valence-electron chi connectivity index (χ2n) is 7.11. The lowest BCUT2D eigenvalue weighted by atomic mass is 9.67. The van der Waals surface area contributed by atoms with Gasteiger partial charge in [-0.2, -0.15) is 0 Å². The minimum absolute atomic E-state index is 0.0392. The number of benzene rings is 1. The first kappa shape index (κ1) is 21.4. The van der Waals surface area contributed by atoms with Crippen LogP contribution in [0.25, 0.3) is 0 Å². The minimum atomic E-state index is -1.91. The van der Waals surface area contributed by atoms with E-state index >= 15 is 0 Å². The number of allylic oxidation sites excluding steroid dienone is 1. The summed E-state index contributed by atoms with van der Waals surface area (Å²) in [5.74, 6) is -2.55. The molecular formula is C21H24N2O7. The predicted octanol–water partition coefficient (Wildman–Crippen LogP) is 1.49. The van der Waals surface area contributed by atoms with E-state index in [0.717, 1.165) is 0 Å². The van der Waals surface area contributed by atoms with Gasteiger partial charge in [-0.3, -0.25) is 0 Å². The second kappa shape index (κ2) is 8.19. The van der Waals surface area contributed by atoms with Gasteiger partial charge in [0.2, 0.25) is 0 Å². The van der Waals surface area contributed by atoms with Gasteiger partial charge in [-0.05, 0) is 26.8 Å². The number of rotatable bonds is 6. The number of fused-ring (bicyclic) bond motifs is 2. The Morgan fingerprint density at radius 3 is 2.53 bits per heavy atom. The highest BCUT2D eigenvalue weighted by Gasteiger charge is 2.62. The molecule has 0 aromatic heterocycles. The molecule has 0 fully saturated rings. The lowest BCUT2D eigenvalue weighted by Gasteiger charge is -2.36. The summed E-state index contributed by atoms with van der Waals surface area (Å²) in [5, 5.41) is 2.91. The molecule has 0 amide bonds. The third-order valence-electron chi connectivity index (χ3n) is 4.80. The number of carbonyl (C=O) groups excluding carboxylic acids is 3. The maximum atomic E-state index is 13.3. The van der Waals surface area contributed by atoms with Crippen LogP contribution >= 0.6 is 0 Å². The molecule has 0 aliphatic carbocycles. The largest absolute Gasteiger partial charge is 0.460 e. The monoisotopic (exact) mass is 416 g/mol. The maximum absolute atomic E-state index is 13.3. The van der Waals surface area contributed by atoms with Crippen LogP contribution in [0.2, 0.25) is 0 Å². The van der Waals surface area contributed by atoms with E-state index in [1.807, 2.05) is 0 Å². The molecule has 30 heavy (non-hydrogen) atoms. The molecule has 1 unspecified atom stereocenters. The van der Waals surface area contributed by atoms with Gasteiger partial charge in [-0.1, -0.05) is 18.2 Å². The highest BCUT2D eigenvalue weighted by atomic mass is 16.6. The standard InChI is InChI=1S/C21H24N2O7/c1-11(2)29-19(25)15-12(3)30-20(26)21(15)13-7-5-6-8-14(13)23-17(22)16(21)18(24)28-10-9-27-4/h5-8,11,23H,9-10,22H2,1-4H3.